The van der Waals surface area contributed by atoms with E-state index in [1.165, 1.54) is 19.4 Å². The van der Waals surface area contributed by atoms with Crippen molar-refractivity contribution < 1.29 is 14.3 Å². The second-order valence-electron chi connectivity index (χ2n) is 7.27. The van der Waals surface area contributed by atoms with Crippen LogP contribution in [0.1, 0.15) is 26.5 Å². The molecule has 0 saturated carbocycles. The lowest BCUT2D eigenvalue weighted by atomic mass is 10.1. The topological polar surface area (TPSA) is 98.6 Å². The summed E-state index contributed by atoms with van der Waals surface area (Å²) in [7, 11) is 1.34. The first-order valence-corrected chi connectivity index (χ1v) is 11.3. The molecule has 3 rings (SSSR count). The Morgan fingerprint density at radius 2 is 2.03 bits per heavy atom. The standard InChI is InChI=1S/C21H27Cl2N5O4/c1-5-14-18(25-15-10-27(21(30)31-4)11-16(15)32-7-3)20(29)28(6-2)19(26-14)12-9-24-17(23)8-13(12)22/h8-9,15-16,25H,5-7,10-11H2,1-4H3/t15?,16-/m0/s1. The number of carbonyl (C=O) groups excluding carboxylic acids is 1. The number of nitrogens with one attached hydrogen (secondary N) is 1. The van der Waals surface area contributed by atoms with Gasteiger partial charge in [-0.2, -0.15) is 0 Å². The molecule has 32 heavy (non-hydrogen) atoms. The summed E-state index contributed by atoms with van der Waals surface area (Å²) in [5.74, 6) is 0.429. The van der Waals surface area contributed by atoms with E-state index >= 15 is 0 Å². The Morgan fingerprint density at radius 1 is 1.28 bits per heavy atom. The average molecular weight is 484 g/mol. The lowest BCUT2D eigenvalue weighted by Gasteiger charge is -2.23. The monoisotopic (exact) mass is 483 g/mol. The summed E-state index contributed by atoms with van der Waals surface area (Å²) >= 11 is 12.3. The molecule has 2 aromatic heterocycles. The Balaban J connectivity index is 2.03. The number of carbonyl (C=O) groups is 1. The number of aryl methyl sites for hydroxylation is 1. The molecular weight excluding hydrogens is 457 g/mol. The van der Waals surface area contributed by atoms with Gasteiger partial charge in [-0.1, -0.05) is 30.1 Å². The highest BCUT2D eigenvalue weighted by molar-refractivity contribution is 6.35. The minimum Gasteiger partial charge on any atom is -0.453 e. The highest BCUT2D eigenvalue weighted by Crippen LogP contribution is 2.29. The number of halogens is 2. The first kappa shape index (κ1) is 24.3. The Kier molecular flexibility index (Phi) is 7.97. The molecule has 0 aromatic carbocycles. The summed E-state index contributed by atoms with van der Waals surface area (Å²) in [6.45, 7) is 7.25. The molecule has 1 aliphatic rings. The summed E-state index contributed by atoms with van der Waals surface area (Å²) in [5, 5.41) is 3.93. The number of likely N-dealkylation sites (tertiary alicyclic amines) is 1. The molecule has 1 N–H and O–H groups in total. The van der Waals surface area contributed by atoms with Crippen molar-refractivity contribution in [2.24, 2.45) is 0 Å². The van der Waals surface area contributed by atoms with E-state index in [1.54, 1.807) is 9.47 Å². The average Bonchev–Trinajstić information content (AvgIpc) is 3.17. The number of pyridine rings is 1. The molecule has 11 heteroatoms. The highest BCUT2D eigenvalue weighted by atomic mass is 35.5. The van der Waals surface area contributed by atoms with Crippen LogP contribution in [0.4, 0.5) is 10.5 Å². The van der Waals surface area contributed by atoms with Crippen LogP contribution in [0.3, 0.4) is 0 Å². The number of nitrogens with zero attached hydrogens (tertiary/aromatic N) is 4. The molecule has 1 aliphatic heterocycles. The number of ether oxygens (including phenoxy) is 2. The van der Waals surface area contributed by atoms with E-state index in [0.29, 0.717) is 60.5 Å². The first-order chi connectivity index (χ1) is 15.3. The Morgan fingerprint density at radius 3 is 2.62 bits per heavy atom. The summed E-state index contributed by atoms with van der Waals surface area (Å²) in [6, 6.07) is 1.24. The number of aromatic nitrogens is 3. The largest absolute Gasteiger partial charge is 0.453 e. The predicted molar refractivity (Wildman–Crippen MR) is 124 cm³/mol. The maximum Gasteiger partial charge on any atom is 0.409 e. The van der Waals surface area contributed by atoms with Crippen molar-refractivity contribution in [3.05, 3.63) is 38.5 Å². The van der Waals surface area contributed by atoms with Crippen LogP contribution >= 0.6 is 23.2 Å². The molecule has 2 atom stereocenters. The molecule has 9 nitrogen and oxygen atoms in total. The number of rotatable bonds is 7. The lowest BCUT2D eigenvalue weighted by Crippen LogP contribution is -2.38. The maximum atomic E-state index is 13.5. The van der Waals surface area contributed by atoms with Gasteiger partial charge in [-0.15, -0.1) is 0 Å². The first-order valence-electron chi connectivity index (χ1n) is 10.5. The van der Waals surface area contributed by atoms with Crippen molar-refractivity contribution in [1.82, 2.24) is 19.4 Å². The summed E-state index contributed by atoms with van der Waals surface area (Å²) in [5.41, 5.74) is 1.28. The highest BCUT2D eigenvalue weighted by Gasteiger charge is 2.37. The SMILES string of the molecule is CCO[C@H]1CN(C(=O)OC)CC1Nc1c(CC)nc(-c2cnc(Cl)cc2Cl)n(CC)c1=O. The van der Waals surface area contributed by atoms with Gasteiger partial charge in [-0.05, 0) is 26.3 Å². The molecule has 3 heterocycles. The molecule has 1 unspecified atom stereocenters. The molecule has 2 aromatic rings. The third-order valence-corrected chi connectivity index (χ3v) is 5.89. The number of amides is 1. The van der Waals surface area contributed by atoms with E-state index in [-0.39, 0.29) is 22.9 Å². The van der Waals surface area contributed by atoms with Gasteiger partial charge in [0.25, 0.3) is 5.56 Å². The quantitative estimate of drug-likeness (QED) is 0.601. The Labute approximate surface area is 196 Å². The molecule has 1 saturated heterocycles. The van der Waals surface area contributed by atoms with Crippen molar-refractivity contribution in [3.8, 4) is 11.4 Å². The van der Waals surface area contributed by atoms with Gasteiger partial charge in [-0.3, -0.25) is 9.36 Å². The number of hydrogen-bond acceptors (Lipinski definition) is 7. The molecule has 1 amide bonds. The summed E-state index contributed by atoms with van der Waals surface area (Å²) in [4.78, 5) is 35.9. The van der Waals surface area contributed by atoms with Crippen molar-refractivity contribution in [2.45, 2.75) is 45.9 Å². The van der Waals surface area contributed by atoms with E-state index in [2.05, 4.69) is 10.3 Å². The zero-order chi connectivity index (χ0) is 23.4. The van der Waals surface area contributed by atoms with Crippen LogP contribution in [-0.4, -0.2) is 64.5 Å². The van der Waals surface area contributed by atoms with Gasteiger partial charge in [0, 0.05) is 25.9 Å². The maximum absolute atomic E-state index is 13.5. The zero-order valence-corrected chi connectivity index (χ0v) is 20.0. The Hall–Kier alpha value is -2.36. The van der Waals surface area contributed by atoms with Crippen molar-refractivity contribution in [3.63, 3.8) is 0 Å². The molecule has 0 radical (unpaired) electrons. The van der Waals surface area contributed by atoms with Crippen molar-refractivity contribution >= 4 is 35.0 Å². The van der Waals surface area contributed by atoms with Gasteiger partial charge in [0.05, 0.1) is 42.1 Å². The van der Waals surface area contributed by atoms with Crippen molar-refractivity contribution in [2.75, 3.05) is 32.1 Å². The van der Waals surface area contributed by atoms with E-state index in [4.69, 9.17) is 37.7 Å². The van der Waals surface area contributed by atoms with E-state index in [0.717, 1.165) is 0 Å². The second-order valence-corrected chi connectivity index (χ2v) is 8.06. The minimum atomic E-state index is -0.431. The van der Waals surface area contributed by atoms with Crippen LogP contribution < -0.4 is 10.9 Å². The van der Waals surface area contributed by atoms with Crippen molar-refractivity contribution in [1.29, 1.82) is 0 Å². The smallest absolute Gasteiger partial charge is 0.409 e. The van der Waals surface area contributed by atoms with Crippen LogP contribution in [0.15, 0.2) is 17.1 Å². The predicted octanol–water partition coefficient (Wildman–Crippen LogP) is 3.46. The van der Waals surface area contributed by atoms with Crippen LogP contribution in [0.25, 0.3) is 11.4 Å². The van der Waals surface area contributed by atoms with Crippen LogP contribution in [0.5, 0.6) is 0 Å². The van der Waals surface area contributed by atoms with Gasteiger partial charge in [0.1, 0.15) is 16.7 Å². The molecule has 1 fully saturated rings. The van der Waals surface area contributed by atoms with Gasteiger partial charge in [-0.25, -0.2) is 14.8 Å². The van der Waals surface area contributed by atoms with Crippen LogP contribution in [0, 0.1) is 0 Å². The summed E-state index contributed by atoms with van der Waals surface area (Å²) < 4.78 is 12.2. The van der Waals surface area contributed by atoms with Gasteiger partial charge in [0.15, 0.2) is 0 Å². The number of methoxy groups -OCH3 is 1. The Bertz CT molecular complexity index is 1050. The zero-order valence-electron chi connectivity index (χ0n) is 18.5. The van der Waals surface area contributed by atoms with Gasteiger partial charge < -0.3 is 19.7 Å². The normalized spacial score (nSPS) is 18.1. The molecule has 0 bridgehead atoms. The van der Waals surface area contributed by atoms with E-state index < -0.39 is 6.09 Å². The lowest BCUT2D eigenvalue weighted by molar-refractivity contribution is 0.0614. The second kappa shape index (κ2) is 10.5. The third-order valence-electron chi connectivity index (χ3n) is 5.37. The fourth-order valence-electron chi connectivity index (χ4n) is 3.83. The number of anilines is 1. The molecular formula is C21H27Cl2N5O4. The van der Waals surface area contributed by atoms with Crippen LogP contribution in [0.2, 0.25) is 10.2 Å². The number of hydrogen-bond donors (Lipinski definition) is 1. The molecule has 174 valence electrons. The molecule has 0 spiro atoms. The minimum absolute atomic E-state index is 0.230. The third kappa shape index (κ3) is 4.84. The van der Waals surface area contributed by atoms with Gasteiger partial charge in [0.2, 0.25) is 0 Å². The van der Waals surface area contributed by atoms with E-state index in [9.17, 15) is 9.59 Å². The van der Waals surface area contributed by atoms with Crippen LogP contribution in [-0.2, 0) is 22.4 Å². The molecule has 0 aliphatic carbocycles. The summed E-state index contributed by atoms with van der Waals surface area (Å²) in [6.07, 6.45) is 1.31. The fraction of sp³-hybridized carbons (Fsp3) is 0.524. The van der Waals surface area contributed by atoms with E-state index in [1.807, 2.05) is 20.8 Å². The fourth-order valence-corrected chi connectivity index (χ4v) is 4.28. The van der Waals surface area contributed by atoms with Gasteiger partial charge >= 0.3 is 6.09 Å².